The van der Waals surface area contributed by atoms with Crippen LogP contribution < -0.4 is 0 Å². The summed E-state index contributed by atoms with van der Waals surface area (Å²) >= 11 is 0. The molecule has 1 aromatic carbocycles. The van der Waals surface area contributed by atoms with Gasteiger partial charge in [0, 0.05) is 19.2 Å². The first-order valence-corrected chi connectivity index (χ1v) is 6.89. The highest BCUT2D eigenvalue weighted by Gasteiger charge is 2.40. The Kier molecular flexibility index (Phi) is 4.79. The third kappa shape index (κ3) is 3.60. The minimum absolute atomic E-state index is 0.0342. The van der Waals surface area contributed by atoms with E-state index in [1.54, 1.807) is 13.8 Å². The third-order valence-corrected chi connectivity index (χ3v) is 3.45. The van der Waals surface area contributed by atoms with Crippen molar-refractivity contribution in [2.45, 2.75) is 38.4 Å². The van der Waals surface area contributed by atoms with E-state index < -0.39 is 35.5 Å². The summed E-state index contributed by atoms with van der Waals surface area (Å²) in [6.07, 6.45) is -2.22. The van der Waals surface area contributed by atoms with Crippen molar-refractivity contribution in [3.05, 3.63) is 35.4 Å². The van der Waals surface area contributed by atoms with Crippen molar-refractivity contribution in [3.8, 4) is 0 Å². The zero-order chi connectivity index (χ0) is 16.5. The van der Waals surface area contributed by atoms with Crippen LogP contribution in [0.25, 0.3) is 0 Å². The van der Waals surface area contributed by atoms with Gasteiger partial charge in [-0.15, -0.1) is 0 Å². The van der Waals surface area contributed by atoms with Gasteiger partial charge in [-0.2, -0.15) is 0 Å². The quantitative estimate of drug-likeness (QED) is 0.913. The van der Waals surface area contributed by atoms with E-state index in [4.69, 9.17) is 9.47 Å². The molecule has 2 atom stereocenters. The molecule has 1 N–H and O–H groups in total. The predicted molar refractivity (Wildman–Crippen MR) is 73.7 cm³/mol. The number of aliphatic hydroxyl groups is 1. The second-order valence-corrected chi connectivity index (χ2v) is 5.72. The predicted octanol–water partition coefficient (Wildman–Crippen LogP) is 1.44. The topological polar surface area (TPSA) is 59.0 Å². The van der Waals surface area contributed by atoms with Gasteiger partial charge in [0.15, 0.2) is 23.5 Å². The lowest BCUT2D eigenvalue weighted by atomic mass is 10.1. The summed E-state index contributed by atoms with van der Waals surface area (Å²) in [6.45, 7) is 3.28. The van der Waals surface area contributed by atoms with E-state index in [0.717, 1.165) is 11.0 Å². The molecule has 22 heavy (non-hydrogen) atoms. The van der Waals surface area contributed by atoms with Gasteiger partial charge in [-0.05, 0) is 19.9 Å². The molecule has 1 aromatic rings. The number of halogens is 2. The molecule has 1 amide bonds. The highest BCUT2D eigenvalue weighted by Crippen LogP contribution is 2.25. The fourth-order valence-electron chi connectivity index (χ4n) is 2.26. The number of likely N-dealkylation sites (N-methyl/N-ethyl adjacent to an activating group) is 1. The second kappa shape index (κ2) is 6.28. The molecule has 0 bridgehead atoms. The Hall–Kier alpha value is -1.57. The first-order chi connectivity index (χ1) is 10.2. The first kappa shape index (κ1) is 16.8. The number of hydrogen-bond acceptors (Lipinski definition) is 4. The van der Waals surface area contributed by atoms with Crippen molar-refractivity contribution in [2.75, 3.05) is 13.7 Å². The molecule has 1 saturated heterocycles. The molecule has 0 aliphatic carbocycles. The van der Waals surface area contributed by atoms with E-state index in [-0.39, 0.29) is 18.7 Å². The number of benzene rings is 1. The average Bonchev–Trinajstić information content (AvgIpc) is 2.82. The van der Waals surface area contributed by atoms with Gasteiger partial charge in [0.1, 0.15) is 6.10 Å². The Morgan fingerprint density at radius 3 is 2.77 bits per heavy atom. The highest BCUT2D eigenvalue weighted by molar-refractivity contribution is 5.81. The van der Waals surface area contributed by atoms with Crippen LogP contribution in [0.4, 0.5) is 8.78 Å². The normalized spacial score (nSPS) is 21.6. The van der Waals surface area contributed by atoms with Gasteiger partial charge in [0.05, 0.1) is 6.61 Å². The molecule has 2 rings (SSSR count). The Balaban J connectivity index is 2.01. The summed E-state index contributed by atoms with van der Waals surface area (Å²) in [4.78, 5) is 13.3. The van der Waals surface area contributed by atoms with Crippen LogP contribution in [0.3, 0.4) is 0 Å². The van der Waals surface area contributed by atoms with Crippen LogP contribution in [-0.4, -0.2) is 47.6 Å². The fraction of sp³-hybridized carbons (Fsp3) is 0.533. The molecular weight excluding hydrogens is 296 g/mol. The maximum atomic E-state index is 13.6. The largest absolute Gasteiger partial charge is 0.380 e. The van der Waals surface area contributed by atoms with E-state index in [9.17, 15) is 18.7 Å². The van der Waals surface area contributed by atoms with Gasteiger partial charge in [0.25, 0.3) is 5.91 Å². The lowest BCUT2D eigenvalue weighted by Crippen LogP contribution is -2.44. The second-order valence-electron chi connectivity index (χ2n) is 5.72. The van der Waals surface area contributed by atoms with Crippen LogP contribution in [0.1, 0.15) is 19.4 Å². The summed E-state index contributed by atoms with van der Waals surface area (Å²) in [5.41, 5.74) is 0.0342. The van der Waals surface area contributed by atoms with Crippen LogP contribution in [0.15, 0.2) is 18.2 Å². The van der Waals surface area contributed by atoms with Crippen LogP contribution in [0.5, 0.6) is 0 Å². The van der Waals surface area contributed by atoms with Crippen LogP contribution in [0, 0.1) is 11.6 Å². The van der Waals surface area contributed by atoms with Gasteiger partial charge in [-0.3, -0.25) is 4.79 Å². The Labute approximate surface area is 127 Å². The highest BCUT2D eigenvalue weighted by atomic mass is 19.2. The molecule has 0 unspecified atom stereocenters. The van der Waals surface area contributed by atoms with E-state index in [1.807, 2.05) is 0 Å². The number of ether oxygens (including phenoxy) is 2. The maximum absolute atomic E-state index is 13.6. The van der Waals surface area contributed by atoms with Crippen molar-refractivity contribution in [3.63, 3.8) is 0 Å². The van der Waals surface area contributed by atoms with E-state index in [1.165, 1.54) is 19.2 Å². The molecule has 7 heteroatoms. The van der Waals surface area contributed by atoms with E-state index >= 15 is 0 Å². The fourth-order valence-corrected chi connectivity index (χ4v) is 2.26. The van der Waals surface area contributed by atoms with Crippen LogP contribution >= 0.6 is 0 Å². The smallest absolute Gasteiger partial charge is 0.254 e. The third-order valence-electron chi connectivity index (χ3n) is 3.45. The molecule has 1 heterocycles. The summed E-state index contributed by atoms with van der Waals surface area (Å²) in [5, 5.41) is 10.1. The average molecular weight is 315 g/mol. The summed E-state index contributed by atoms with van der Waals surface area (Å²) in [6, 6.07) is 3.74. The molecule has 1 fully saturated rings. The van der Waals surface area contributed by atoms with Crippen LogP contribution in [0.2, 0.25) is 0 Å². The maximum Gasteiger partial charge on any atom is 0.254 e. The molecule has 1 aliphatic heterocycles. The summed E-state index contributed by atoms with van der Waals surface area (Å²) < 4.78 is 37.5. The number of hydrogen-bond donors (Lipinski definition) is 1. The monoisotopic (exact) mass is 315 g/mol. The summed E-state index contributed by atoms with van der Waals surface area (Å²) in [5.74, 6) is -3.49. The van der Waals surface area contributed by atoms with Gasteiger partial charge in [-0.25, -0.2) is 8.78 Å². The molecule has 0 aromatic heterocycles. The Morgan fingerprint density at radius 1 is 1.50 bits per heavy atom. The number of carbonyl (C=O) groups excluding carboxylic acids is 1. The number of rotatable bonds is 4. The number of aliphatic hydroxyl groups excluding tert-OH is 1. The molecule has 0 radical (unpaired) electrons. The zero-order valence-corrected chi connectivity index (χ0v) is 12.7. The van der Waals surface area contributed by atoms with Gasteiger partial charge < -0.3 is 19.5 Å². The lowest BCUT2D eigenvalue weighted by Gasteiger charge is -2.24. The van der Waals surface area contributed by atoms with Crippen molar-refractivity contribution in [1.82, 2.24) is 4.90 Å². The SMILES string of the molecule is CN(Cc1cccc(F)c1F)C(=O)[C@H](O)[C@@H]1COC(C)(C)O1. The Bertz CT molecular complexity index is 564. The molecular formula is C15H19F2NO4. The first-order valence-electron chi connectivity index (χ1n) is 6.89. The van der Waals surface area contributed by atoms with E-state index in [2.05, 4.69) is 0 Å². The molecule has 5 nitrogen and oxygen atoms in total. The van der Waals surface area contributed by atoms with Crippen molar-refractivity contribution in [2.24, 2.45) is 0 Å². The minimum atomic E-state index is -1.43. The van der Waals surface area contributed by atoms with Gasteiger partial charge in [-0.1, -0.05) is 12.1 Å². The minimum Gasteiger partial charge on any atom is -0.380 e. The Morgan fingerprint density at radius 2 is 2.18 bits per heavy atom. The molecule has 122 valence electrons. The molecule has 0 saturated carbocycles. The zero-order valence-electron chi connectivity index (χ0n) is 12.7. The molecule has 1 aliphatic rings. The van der Waals surface area contributed by atoms with Crippen LogP contribution in [-0.2, 0) is 20.8 Å². The summed E-state index contributed by atoms with van der Waals surface area (Å²) in [7, 11) is 1.40. The van der Waals surface area contributed by atoms with Crippen molar-refractivity contribution >= 4 is 5.91 Å². The standard InChI is InChI=1S/C15H19F2NO4/c1-15(2)21-8-11(22-15)13(19)14(20)18(3)7-9-5-4-6-10(16)12(9)17/h4-6,11,13,19H,7-8H2,1-3H3/t11-,13+/m0/s1. The lowest BCUT2D eigenvalue weighted by molar-refractivity contribution is -0.163. The number of amides is 1. The van der Waals surface area contributed by atoms with Crippen molar-refractivity contribution in [1.29, 1.82) is 0 Å². The van der Waals surface area contributed by atoms with E-state index in [0.29, 0.717) is 0 Å². The van der Waals surface area contributed by atoms with Gasteiger partial charge in [0.2, 0.25) is 0 Å². The number of nitrogens with zero attached hydrogens (tertiary/aromatic N) is 1. The number of carbonyl (C=O) groups is 1. The van der Waals surface area contributed by atoms with Crippen molar-refractivity contribution < 1.29 is 28.2 Å². The molecule has 0 spiro atoms. The van der Waals surface area contributed by atoms with Gasteiger partial charge >= 0.3 is 0 Å².